The van der Waals surface area contributed by atoms with Gasteiger partial charge in [0.1, 0.15) is 17.3 Å². The van der Waals surface area contributed by atoms with E-state index in [-0.39, 0.29) is 11.7 Å². The lowest BCUT2D eigenvalue weighted by atomic mass is 10.2. The number of amides is 1. The number of carbonyl (C=O) groups is 1. The van der Waals surface area contributed by atoms with E-state index in [0.29, 0.717) is 36.7 Å². The first-order chi connectivity index (χ1) is 11.6. The minimum atomic E-state index is -0.258. The third-order valence-corrected chi connectivity index (χ3v) is 3.45. The van der Waals surface area contributed by atoms with Crippen molar-refractivity contribution in [2.45, 2.75) is 13.0 Å². The number of hydrogen-bond donors (Lipinski definition) is 2. The summed E-state index contributed by atoms with van der Waals surface area (Å²) in [5, 5.41) is 5.96. The normalized spacial score (nSPS) is 10.3. The fraction of sp³-hybridized carbons (Fsp3) is 0.278. The second-order valence-corrected chi connectivity index (χ2v) is 5.17. The molecule has 2 rings (SSSR count). The second-order valence-electron chi connectivity index (χ2n) is 5.17. The highest BCUT2D eigenvalue weighted by Gasteiger charge is 2.08. The molecule has 0 fully saturated rings. The average molecular weight is 332 g/mol. The number of benzene rings is 2. The molecule has 0 unspecified atom stereocenters. The van der Waals surface area contributed by atoms with E-state index in [0.717, 1.165) is 5.56 Å². The average Bonchev–Trinajstić information content (AvgIpc) is 2.60. The van der Waals surface area contributed by atoms with E-state index in [1.165, 1.54) is 19.2 Å². The Morgan fingerprint density at radius 2 is 1.83 bits per heavy atom. The highest BCUT2D eigenvalue weighted by atomic mass is 19.1. The molecule has 5 nitrogen and oxygen atoms in total. The van der Waals surface area contributed by atoms with Gasteiger partial charge in [0.05, 0.1) is 19.9 Å². The van der Waals surface area contributed by atoms with Crippen LogP contribution in [-0.2, 0) is 11.3 Å². The van der Waals surface area contributed by atoms with Crippen molar-refractivity contribution in [3.05, 3.63) is 53.8 Å². The van der Waals surface area contributed by atoms with E-state index < -0.39 is 0 Å². The summed E-state index contributed by atoms with van der Waals surface area (Å²) in [4.78, 5) is 12.0. The minimum absolute atomic E-state index is 0.120. The summed E-state index contributed by atoms with van der Waals surface area (Å²) >= 11 is 0. The quantitative estimate of drug-likeness (QED) is 0.730. The van der Waals surface area contributed by atoms with E-state index in [1.54, 1.807) is 37.4 Å². The number of ether oxygens (including phenoxy) is 2. The highest BCUT2D eigenvalue weighted by Crippen LogP contribution is 2.28. The largest absolute Gasteiger partial charge is 0.497 e. The molecule has 2 N–H and O–H groups in total. The van der Waals surface area contributed by atoms with Crippen molar-refractivity contribution in [2.75, 3.05) is 26.1 Å². The maximum Gasteiger partial charge on any atom is 0.225 e. The number of carbonyl (C=O) groups excluding carboxylic acids is 1. The lowest BCUT2D eigenvalue weighted by Gasteiger charge is -2.12. The molecule has 2 aromatic carbocycles. The summed E-state index contributed by atoms with van der Waals surface area (Å²) in [7, 11) is 3.11. The molecule has 0 saturated carbocycles. The topological polar surface area (TPSA) is 59.6 Å². The van der Waals surface area contributed by atoms with Crippen LogP contribution < -0.4 is 20.1 Å². The van der Waals surface area contributed by atoms with Crippen molar-refractivity contribution in [1.29, 1.82) is 0 Å². The van der Waals surface area contributed by atoms with Gasteiger partial charge in [0, 0.05) is 25.6 Å². The van der Waals surface area contributed by atoms with E-state index in [1.807, 2.05) is 0 Å². The molecule has 6 heteroatoms. The Bertz CT molecular complexity index is 674. The molecule has 1 amide bonds. The molecule has 128 valence electrons. The van der Waals surface area contributed by atoms with Gasteiger partial charge < -0.3 is 20.1 Å². The number of methoxy groups -OCH3 is 2. The molecule has 0 bridgehead atoms. The van der Waals surface area contributed by atoms with Crippen LogP contribution in [0.3, 0.4) is 0 Å². The zero-order valence-electron chi connectivity index (χ0n) is 13.8. The summed E-state index contributed by atoms with van der Waals surface area (Å²) in [5.41, 5.74) is 1.57. The molecule has 0 heterocycles. The van der Waals surface area contributed by atoms with Crippen molar-refractivity contribution < 1.29 is 18.7 Å². The third kappa shape index (κ3) is 5.24. The first-order valence-corrected chi connectivity index (χ1v) is 7.59. The molecule has 0 aliphatic carbocycles. The van der Waals surface area contributed by atoms with Crippen LogP contribution in [0.15, 0.2) is 42.5 Å². The molecule has 0 saturated heterocycles. The Balaban J connectivity index is 1.78. The molecule has 0 aromatic heterocycles. The van der Waals surface area contributed by atoms with Gasteiger partial charge in [-0.3, -0.25) is 4.79 Å². The fourth-order valence-corrected chi connectivity index (χ4v) is 2.15. The first kappa shape index (κ1) is 17.7. The van der Waals surface area contributed by atoms with E-state index in [4.69, 9.17) is 9.47 Å². The summed E-state index contributed by atoms with van der Waals surface area (Å²) in [6.45, 7) is 1.10. The van der Waals surface area contributed by atoms with Crippen LogP contribution in [0.25, 0.3) is 0 Å². The lowest BCUT2D eigenvalue weighted by Crippen LogP contribution is -2.21. The van der Waals surface area contributed by atoms with E-state index in [9.17, 15) is 9.18 Å². The van der Waals surface area contributed by atoms with Gasteiger partial charge in [-0.15, -0.1) is 0 Å². The maximum atomic E-state index is 12.8. The molecule has 2 aromatic rings. The molecule has 0 aliphatic heterocycles. The summed E-state index contributed by atoms with van der Waals surface area (Å²) in [6, 6.07) is 11.5. The highest BCUT2D eigenvalue weighted by molar-refractivity contribution is 5.92. The van der Waals surface area contributed by atoms with Crippen molar-refractivity contribution in [1.82, 2.24) is 5.32 Å². The minimum Gasteiger partial charge on any atom is -0.497 e. The number of anilines is 1. The van der Waals surface area contributed by atoms with Crippen LogP contribution >= 0.6 is 0 Å². The van der Waals surface area contributed by atoms with Crippen LogP contribution in [0.1, 0.15) is 12.0 Å². The van der Waals surface area contributed by atoms with Crippen molar-refractivity contribution in [2.24, 2.45) is 0 Å². The standard InChI is InChI=1S/C18H21FN2O3/c1-23-15-7-8-16(17(11-15)24-2)21-18(22)9-10-20-12-13-3-5-14(19)6-4-13/h3-8,11,20H,9-10,12H2,1-2H3,(H,21,22). The van der Waals surface area contributed by atoms with Crippen molar-refractivity contribution in [3.8, 4) is 11.5 Å². The Kier molecular flexibility index (Phi) is 6.57. The van der Waals surface area contributed by atoms with E-state index in [2.05, 4.69) is 10.6 Å². The molecule has 0 aliphatic rings. The van der Waals surface area contributed by atoms with Gasteiger partial charge in [-0.25, -0.2) is 4.39 Å². The first-order valence-electron chi connectivity index (χ1n) is 7.59. The van der Waals surface area contributed by atoms with Gasteiger partial charge in [-0.1, -0.05) is 12.1 Å². The van der Waals surface area contributed by atoms with Crippen molar-refractivity contribution >= 4 is 11.6 Å². The zero-order valence-corrected chi connectivity index (χ0v) is 13.8. The van der Waals surface area contributed by atoms with Crippen LogP contribution in [0.4, 0.5) is 10.1 Å². The van der Waals surface area contributed by atoms with Crippen LogP contribution in [0.5, 0.6) is 11.5 Å². The van der Waals surface area contributed by atoms with Crippen LogP contribution in [0, 0.1) is 5.82 Å². The van der Waals surface area contributed by atoms with Gasteiger partial charge in [0.25, 0.3) is 0 Å². The number of nitrogens with one attached hydrogen (secondary N) is 2. The van der Waals surface area contributed by atoms with Gasteiger partial charge in [0.15, 0.2) is 0 Å². The predicted octanol–water partition coefficient (Wildman–Crippen LogP) is 2.96. The number of rotatable bonds is 8. The van der Waals surface area contributed by atoms with Crippen LogP contribution in [0.2, 0.25) is 0 Å². The summed E-state index contributed by atoms with van der Waals surface area (Å²) in [5.74, 6) is 0.824. The SMILES string of the molecule is COc1ccc(NC(=O)CCNCc2ccc(F)cc2)c(OC)c1. The monoisotopic (exact) mass is 332 g/mol. The Morgan fingerprint density at radius 3 is 2.50 bits per heavy atom. The predicted molar refractivity (Wildman–Crippen MR) is 90.9 cm³/mol. The van der Waals surface area contributed by atoms with Crippen LogP contribution in [-0.4, -0.2) is 26.7 Å². The molecule has 24 heavy (non-hydrogen) atoms. The lowest BCUT2D eigenvalue weighted by molar-refractivity contribution is -0.116. The molecule has 0 radical (unpaired) electrons. The second kappa shape index (κ2) is 8.88. The summed E-state index contributed by atoms with van der Waals surface area (Å²) < 4.78 is 23.2. The molecular formula is C18H21FN2O3. The molecular weight excluding hydrogens is 311 g/mol. The summed E-state index contributed by atoms with van der Waals surface area (Å²) in [6.07, 6.45) is 0.316. The van der Waals surface area contributed by atoms with Gasteiger partial charge in [-0.05, 0) is 29.8 Å². The Morgan fingerprint density at radius 1 is 1.08 bits per heavy atom. The molecule has 0 spiro atoms. The Hall–Kier alpha value is -2.60. The smallest absolute Gasteiger partial charge is 0.225 e. The number of halogens is 1. The Labute approximate surface area is 140 Å². The number of hydrogen-bond acceptors (Lipinski definition) is 4. The zero-order chi connectivity index (χ0) is 17.4. The maximum absolute atomic E-state index is 12.8. The molecule has 0 atom stereocenters. The van der Waals surface area contributed by atoms with Gasteiger partial charge in [-0.2, -0.15) is 0 Å². The fourth-order valence-electron chi connectivity index (χ4n) is 2.15. The van der Waals surface area contributed by atoms with Gasteiger partial charge in [0.2, 0.25) is 5.91 Å². The van der Waals surface area contributed by atoms with Crippen molar-refractivity contribution in [3.63, 3.8) is 0 Å². The third-order valence-electron chi connectivity index (χ3n) is 3.45. The van der Waals surface area contributed by atoms with E-state index >= 15 is 0 Å². The van der Waals surface area contributed by atoms with Gasteiger partial charge >= 0.3 is 0 Å².